The van der Waals surface area contributed by atoms with Crippen LogP contribution in [0.15, 0.2) is 36.4 Å². The van der Waals surface area contributed by atoms with Gasteiger partial charge < -0.3 is 15.2 Å². The summed E-state index contributed by atoms with van der Waals surface area (Å²) in [6, 6.07) is 8.22. The fraction of sp³-hybridized carbons (Fsp3) is 0.133. The van der Waals surface area contributed by atoms with Gasteiger partial charge in [0.1, 0.15) is 17.1 Å². The SMILES string of the molecule is CCOC(=O)c1cc(N)cc(Cl)c1Oc1ccc(F)cc1. The molecule has 21 heavy (non-hydrogen) atoms. The van der Waals surface area contributed by atoms with Gasteiger partial charge in [-0.3, -0.25) is 0 Å². The summed E-state index contributed by atoms with van der Waals surface area (Å²) in [4.78, 5) is 11.9. The van der Waals surface area contributed by atoms with Crippen molar-refractivity contribution in [2.75, 3.05) is 12.3 Å². The maximum absolute atomic E-state index is 12.9. The Balaban J connectivity index is 2.41. The van der Waals surface area contributed by atoms with E-state index in [9.17, 15) is 9.18 Å². The molecule has 0 fully saturated rings. The molecule has 0 saturated carbocycles. The molecule has 0 heterocycles. The van der Waals surface area contributed by atoms with Crippen LogP contribution in [0.4, 0.5) is 10.1 Å². The van der Waals surface area contributed by atoms with Gasteiger partial charge in [0.15, 0.2) is 5.75 Å². The zero-order valence-corrected chi connectivity index (χ0v) is 12.0. The van der Waals surface area contributed by atoms with Crippen molar-refractivity contribution in [3.8, 4) is 11.5 Å². The van der Waals surface area contributed by atoms with Gasteiger partial charge in [0.25, 0.3) is 0 Å². The lowest BCUT2D eigenvalue weighted by atomic mass is 10.1. The molecule has 0 aliphatic rings. The van der Waals surface area contributed by atoms with E-state index < -0.39 is 11.8 Å². The number of nitrogen functional groups attached to an aromatic ring is 1. The van der Waals surface area contributed by atoms with Crippen LogP contribution in [0.2, 0.25) is 5.02 Å². The Bertz CT molecular complexity index is 659. The molecule has 0 aliphatic heterocycles. The van der Waals surface area contributed by atoms with Crippen molar-refractivity contribution in [2.24, 2.45) is 0 Å². The Labute approximate surface area is 126 Å². The number of carbonyl (C=O) groups excluding carboxylic acids is 1. The van der Waals surface area contributed by atoms with Crippen molar-refractivity contribution in [1.29, 1.82) is 0 Å². The molecule has 0 saturated heterocycles. The molecule has 6 heteroatoms. The highest BCUT2D eigenvalue weighted by molar-refractivity contribution is 6.33. The molecule has 2 N–H and O–H groups in total. The van der Waals surface area contributed by atoms with E-state index in [4.69, 9.17) is 26.8 Å². The monoisotopic (exact) mass is 309 g/mol. The number of carbonyl (C=O) groups is 1. The highest BCUT2D eigenvalue weighted by atomic mass is 35.5. The lowest BCUT2D eigenvalue weighted by Crippen LogP contribution is -2.07. The number of esters is 1. The maximum Gasteiger partial charge on any atom is 0.342 e. The van der Waals surface area contributed by atoms with Gasteiger partial charge in [-0.2, -0.15) is 0 Å². The maximum atomic E-state index is 12.9. The molecule has 0 amide bonds. The van der Waals surface area contributed by atoms with Crippen LogP contribution < -0.4 is 10.5 Å². The number of halogens is 2. The molecule has 2 aromatic carbocycles. The van der Waals surface area contributed by atoms with E-state index in [0.717, 1.165) is 0 Å². The van der Waals surface area contributed by atoms with Crippen molar-refractivity contribution >= 4 is 23.3 Å². The summed E-state index contributed by atoms with van der Waals surface area (Å²) in [6.07, 6.45) is 0. The summed E-state index contributed by atoms with van der Waals surface area (Å²) in [7, 11) is 0. The van der Waals surface area contributed by atoms with Crippen LogP contribution in [0.1, 0.15) is 17.3 Å². The van der Waals surface area contributed by atoms with E-state index in [2.05, 4.69) is 0 Å². The second-order valence-electron chi connectivity index (χ2n) is 4.16. The van der Waals surface area contributed by atoms with E-state index in [-0.39, 0.29) is 22.9 Å². The van der Waals surface area contributed by atoms with Gasteiger partial charge in [-0.05, 0) is 43.3 Å². The molecule has 0 radical (unpaired) electrons. The normalized spacial score (nSPS) is 10.2. The quantitative estimate of drug-likeness (QED) is 0.684. The molecule has 0 spiro atoms. The van der Waals surface area contributed by atoms with E-state index >= 15 is 0 Å². The van der Waals surface area contributed by atoms with Crippen LogP contribution in [-0.2, 0) is 4.74 Å². The number of ether oxygens (including phenoxy) is 2. The number of nitrogens with two attached hydrogens (primary N) is 1. The van der Waals surface area contributed by atoms with Gasteiger partial charge in [-0.25, -0.2) is 9.18 Å². The van der Waals surface area contributed by atoms with Crippen LogP contribution in [-0.4, -0.2) is 12.6 Å². The first-order valence-electron chi connectivity index (χ1n) is 6.20. The van der Waals surface area contributed by atoms with E-state index in [1.54, 1.807) is 6.92 Å². The molecule has 2 rings (SSSR count). The predicted molar refractivity (Wildman–Crippen MR) is 78.3 cm³/mol. The van der Waals surface area contributed by atoms with Crippen LogP contribution in [0.3, 0.4) is 0 Å². The smallest absolute Gasteiger partial charge is 0.342 e. The minimum absolute atomic E-state index is 0.117. The van der Waals surface area contributed by atoms with Crippen LogP contribution in [0.25, 0.3) is 0 Å². The van der Waals surface area contributed by atoms with Crippen molar-refractivity contribution in [1.82, 2.24) is 0 Å². The van der Waals surface area contributed by atoms with E-state index in [1.807, 2.05) is 0 Å². The van der Waals surface area contributed by atoms with Crippen LogP contribution in [0.5, 0.6) is 11.5 Å². The third-order valence-corrected chi connectivity index (χ3v) is 2.88. The lowest BCUT2D eigenvalue weighted by molar-refractivity contribution is 0.0523. The number of hydrogen-bond donors (Lipinski definition) is 1. The minimum atomic E-state index is -0.594. The zero-order valence-electron chi connectivity index (χ0n) is 11.2. The molecular formula is C15H13ClFNO3. The molecule has 110 valence electrons. The number of benzene rings is 2. The molecular weight excluding hydrogens is 297 g/mol. The molecule has 0 unspecified atom stereocenters. The molecule has 4 nitrogen and oxygen atoms in total. The largest absolute Gasteiger partial charge is 0.462 e. The van der Waals surface area contributed by atoms with Crippen molar-refractivity contribution in [3.63, 3.8) is 0 Å². The van der Waals surface area contributed by atoms with Crippen molar-refractivity contribution in [3.05, 3.63) is 52.8 Å². The van der Waals surface area contributed by atoms with Gasteiger partial charge >= 0.3 is 5.97 Å². The molecule has 0 bridgehead atoms. The Kier molecular flexibility index (Phi) is 4.65. The van der Waals surface area contributed by atoms with E-state index in [1.165, 1.54) is 36.4 Å². The zero-order chi connectivity index (χ0) is 15.4. The summed E-state index contributed by atoms with van der Waals surface area (Å²) < 4.78 is 23.4. The van der Waals surface area contributed by atoms with Crippen LogP contribution in [0, 0.1) is 5.82 Å². The summed E-state index contributed by atoms with van der Waals surface area (Å²) in [5.41, 5.74) is 6.11. The van der Waals surface area contributed by atoms with Gasteiger partial charge in [0.05, 0.1) is 11.6 Å². The van der Waals surface area contributed by atoms with Gasteiger partial charge in [0.2, 0.25) is 0 Å². The standard InChI is InChI=1S/C15H13ClFNO3/c1-2-20-15(19)12-7-10(18)8-13(16)14(12)21-11-5-3-9(17)4-6-11/h3-8H,2,18H2,1H3. The molecule has 2 aromatic rings. The Morgan fingerprint density at radius 3 is 2.57 bits per heavy atom. The first-order valence-corrected chi connectivity index (χ1v) is 6.58. The molecule has 0 aliphatic carbocycles. The number of hydrogen-bond acceptors (Lipinski definition) is 4. The highest BCUT2D eigenvalue weighted by Crippen LogP contribution is 2.35. The number of rotatable bonds is 4. The summed E-state index contributed by atoms with van der Waals surface area (Å²) in [5.74, 6) is -0.523. The summed E-state index contributed by atoms with van der Waals surface area (Å²) in [6.45, 7) is 1.90. The first-order chi connectivity index (χ1) is 10.0. The minimum Gasteiger partial charge on any atom is -0.462 e. The Morgan fingerprint density at radius 2 is 1.95 bits per heavy atom. The second-order valence-corrected chi connectivity index (χ2v) is 4.56. The predicted octanol–water partition coefficient (Wildman–Crippen LogP) is 4.03. The third-order valence-electron chi connectivity index (χ3n) is 2.59. The fourth-order valence-corrected chi connectivity index (χ4v) is 1.97. The van der Waals surface area contributed by atoms with Crippen molar-refractivity contribution in [2.45, 2.75) is 6.92 Å². The lowest BCUT2D eigenvalue weighted by Gasteiger charge is -2.13. The van der Waals surface area contributed by atoms with Gasteiger partial charge in [-0.1, -0.05) is 11.6 Å². The topological polar surface area (TPSA) is 61.5 Å². The Morgan fingerprint density at radius 1 is 1.29 bits per heavy atom. The first kappa shape index (κ1) is 15.1. The van der Waals surface area contributed by atoms with Gasteiger partial charge in [0, 0.05) is 5.69 Å². The van der Waals surface area contributed by atoms with E-state index in [0.29, 0.717) is 11.4 Å². The highest BCUT2D eigenvalue weighted by Gasteiger charge is 2.19. The third kappa shape index (κ3) is 3.64. The second kappa shape index (κ2) is 6.45. The number of anilines is 1. The van der Waals surface area contributed by atoms with Crippen LogP contribution >= 0.6 is 11.6 Å². The fourth-order valence-electron chi connectivity index (χ4n) is 1.70. The van der Waals surface area contributed by atoms with Gasteiger partial charge in [-0.15, -0.1) is 0 Å². The summed E-state index contributed by atoms with van der Waals surface area (Å²) >= 11 is 6.07. The summed E-state index contributed by atoms with van der Waals surface area (Å²) in [5, 5.41) is 0.169. The average molecular weight is 310 g/mol. The Hall–Kier alpha value is -2.27. The average Bonchev–Trinajstić information content (AvgIpc) is 2.44. The molecule has 0 atom stereocenters. The van der Waals surface area contributed by atoms with Crippen molar-refractivity contribution < 1.29 is 18.7 Å². The molecule has 0 aromatic heterocycles.